The number of nitrogens with one attached hydrogen (secondary N) is 1. The molecule has 2 aliphatic heterocycles. The molecule has 0 saturated carbocycles. The molecule has 3 rings (SSSR count). The Morgan fingerprint density at radius 1 is 1.35 bits per heavy atom. The van der Waals surface area contributed by atoms with Gasteiger partial charge in [0.25, 0.3) is 5.91 Å². The van der Waals surface area contributed by atoms with E-state index in [0.717, 1.165) is 5.56 Å². The van der Waals surface area contributed by atoms with Gasteiger partial charge in [-0.05, 0) is 0 Å². The van der Waals surface area contributed by atoms with Crippen molar-refractivity contribution >= 4 is 5.91 Å². The van der Waals surface area contributed by atoms with Gasteiger partial charge in [-0.2, -0.15) is 5.11 Å². The normalized spacial score (nSPS) is 31.6. The lowest BCUT2D eigenvalue weighted by Crippen LogP contribution is -2.32. The van der Waals surface area contributed by atoms with E-state index in [1.807, 2.05) is 30.3 Å². The summed E-state index contributed by atoms with van der Waals surface area (Å²) in [4.78, 5) is 13.8. The van der Waals surface area contributed by atoms with Crippen molar-refractivity contribution in [3.63, 3.8) is 0 Å². The van der Waals surface area contributed by atoms with Gasteiger partial charge < -0.3 is 9.64 Å². The minimum atomic E-state index is -0.505. The van der Waals surface area contributed by atoms with Crippen LogP contribution in [0.25, 0.3) is 0 Å². The number of rotatable bonds is 2. The van der Waals surface area contributed by atoms with Crippen molar-refractivity contribution in [3.05, 3.63) is 35.9 Å². The van der Waals surface area contributed by atoms with Crippen LogP contribution >= 0.6 is 0 Å². The van der Waals surface area contributed by atoms with Crippen LogP contribution in [0.15, 0.2) is 35.4 Å². The molecule has 0 radical (unpaired) electrons. The Bertz CT molecular complexity index is 448. The number of hydrogen-bond acceptors (Lipinski definition) is 4. The van der Waals surface area contributed by atoms with Gasteiger partial charge in [0.1, 0.15) is 0 Å². The first-order chi connectivity index (χ1) is 8.31. The van der Waals surface area contributed by atoms with Crippen molar-refractivity contribution in [2.75, 3.05) is 6.61 Å². The largest absolute Gasteiger partial charge is 0.352 e. The summed E-state index contributed by atoms with van der Waals surface area (Å²) in [6.07, 6.45) is 0.298. The fourth-order valence-corrected chi connectivity index (χ4v) is 2.54. The minimum absolute atomic E-state index is 0.0757. The molecule has 5 heteroatoms. The fraction of sp³-hybridized carbons (Fsp3) is 0.417. The second kappa shape index (κ2) is 3.92. The van der Waals surface area contributed by atoms with Gasteiger partial charge in [0, 0.05) is 12.0 Å². The quantitative estimate of drug-likeness (QED) is 0.787. The number of fused-ring (bicyclic) bond motifs is 1. The molecule has 2 aliphatic rings. The summed E-state index contributed by atoms with van der Waals surface area (Å²) in [5.41, 5.74) is 8.00. The molecule has 1 aromatic carbocycles. The van der Waals surface area contributed by atoms with Gasteiger partial charge in [-0.1, -0.05) is 30.3 Å². The average molecular weight is 231 g/mol. The van der Waals surface area contributed by atoms with E-state index in [-0.39, 0.29) is 18.2 Å². The van der Waals surface area contributed by atoms with Crippen LogP contribution in [0.1, 0.15) is 18.2 Å². The van der Waals surface area contributed by atoms with E-state index in [0.29, 0.717) is 13.0 Å². The summed E-state index contributed by atoms with van der Waals surface area (Å²) in [7, 11) is 0. The maximum atomic E-state index is 12.0. The molecule has 1 N–H and O–H groups in total. The van der Waals surface area contributed by atoms with Crippen LogP contribution in [0.4, 0.5) is 0 Å². The van der Waals surface area contributed by atoms with Gasteiger partial charge in [0.2, 0.25) is 0 Å². The van der Waals surface area contributed by atoms with E-state index >= 15 is 0 Å². The van der Waals surface area contributed by atoms with Crippen LogP contribution in [-0.2, 0) is 9.53 Å². The number of benzene rings is 1. The molecular weight excluding hydrogens is 218 g/mol. The average Bonchev–Trinajstić information content (AvgIpc) is 2.91. The SMILES string of the molecule is N=N[C@H]1C[C@H]2CO[C@H](c3ccccc3)N2C1=O. The Balaban J connectivity index is 1.90. The van der Waals surface area contributed by atoms with Gasteiger partial charge in [0.05, 0.1) is 12.6 Å². The van der Waals surface area contributed by atoms with Crippen LogP contribution in [-0.4, -0.2) is 29.5 Å². The molecule has 5 nitrogen and oxygen atoms in total. The van der Waals surface area contributed by atoms with Crippen LogP contribution in [0, 0.1) is 5.53 Å². The molecular formula is C12H13N3O2. The van der Waals surface area contributed by atoms with Gasteiger partial charge >= 0.3 is 0 Å². The van der Waals surface area contributed by atoms with Gasteiger partial charge in [-0.3, -0.25) is 4.79 Å². The van der Waals surface area contributed by atoms with E-state index in [4.69, 9.17) is 10.3 Å². The lowest BCUT2D eigenvalue weighted by molar-refractivity contribution is -0.135. The van der Waals surface area contributed by atoms with Gasteiger partial charge in [-0.15, -0.1) is 0 Å². The fourth-order valence-electron chi connectivity index (χ4n) is 2.54. The maximum absolute atomic E-state index is 12.0. The van der Waals surface area contributed by atoms with E-state index in [1.54, 1.807) is 4.90 Å². The summed E-state index contributed by atoms with van der Waals surface area (Å²) in [5, 5.41) is 3.38. The lowest BCUT2D eigenvalue weighted by Gasteiger charge is -2.22. The third-order valence-electron chi connectivity index (χ3n) is 3.37. The lowest BCUT2D eigenvalue weighted by atomic mass is 10.2. The number of amides is 1. The van der Waals surface area contributed by atoms with Crippen molar-refractivity contribution in [2.45, 2.75) is 24.7 Å². The molecule has 0 spiro atoms. The second-order valence-corrected chi connectivity index (χ2v) is 4.38. The molecule has 2 saturated heterocycles. The van der Waals surface area contributed by atoms with Crippen molar-refractivity contribution < 1.29 is 9.53 Å². The minimum Gasteiger partial charge on any atom is -0.352 e. The topological polar surface area (TPSA) is 65.8 Å². The first-order valence-corrected chi connectivity index (χ1v) is 5.66. The zero-order chi connectivity index (χ0) is 11.8. The zero-order valence-corrected chi connectivity index (χ0v) is 9.24. The summed E-state index contributed by atoms with van der Waals surface area (Å²) >= 11 is 0. The highest BCUT2D eigenvalue weighted by molar-refractivity contribution is 5.85. The predicted octanol–water partition coefficient (Wildman–Crippen LogP) is 1.72. The number of hydrogen-bond donors (Lipinski definition) is 1. The summed E-state index contributed by atoms with van der Waals surface area (Å²) in [6.45, 7) is 0.539. The van der Waals surface area contributed by atoms with Crippen molar-refractivity contribution in [2.24, 2.45) is 5.11 Å². The molecule has 2 heterocycles. The van der Waals surface area contributed by atoms with E-state index < -0.39 is 6.04 Å². The summed E-state index contributed by atoms with van der Waals surface area (Å²) < 4.78 is 5.67. The molecule has 88 valence electrons. The predicted molar refractivity (Wildman–Crippen MR) is 59.3 cm³/mol. The monoisotopic (exact) mass is 231 g/mol. The number of carbonyl (C=O) groups is 1. The van der Waals surface area contributed by atoms with Crippen LogP contribution in [0.5, 0.6) is 0 Å². The highest BCUT2D eigenvalue weighted by Gasteiger charge is 2.48. The van der Waals surface area contributed by atoms with Gasteiger partial charge in [-0.25, -0.2) is 5.53 Å². The molecule has 0 unspecified atom stereocenters. The Hall–Kier alpha value is -1.75. The third kappa shape index (κ3) is 1.54. The highest BCUT2D eigenvalue weighted by Crippen LogP contribution is 2.37. The number of nitrogens with zero attached hydrogens (tertiary/aromatic N) is 2. The molecule has 1 aromatic rings. The first-order valence-electron chi connectivity index (χ1n) is 5.66. The Labute approximate surface area is 98.9 Å². The summed E-state index contributed by atoms with van der Waals surface area (Å²) in [5.74, 6) is -0.0867. The smallest absolute Gasteiger partial charge is 0.251 e. The third-order valence-corrected chi connectivity index (χ3v) is 3.37. The van der Waals surface area contributed by atoms with Gasteiger partial charge in [0.15, 0.2) is 12.3 Å². The number of ether oxygens (including phenoxy) is 1. The molecule has 1 amide bonds. The summed E-state index contributed by atoms with van der Waals surface area (Å²) in [6, 6.07) is 9.26. The van der Waals surface area contributed by atoms with Crippen molar-refractivity contribution in [3.8, 4) is 0 Å². The molecule has 0 aliphatic carbocycles. The first kappa shape index (κ1) is 10.4. The zero-order valence-electron chi connectivity index (χ0n) is 9.24. The number of carbonyl (C=O) groups excluding carboxylic acids is 1. The van der Waals surface area contributed by atoms with Crippen LogP contribution < -0.4 is 0 Å². The Kier molecular flexibility index (Phi) is 2.40. The van der Waals surface area contributed by atoms with Crippen molar-refractivity contribution in [1.82, 2.24) is 4.90 Å². The van der Waals surface area contributed by atoms with Crippen LogP contribution in [0.2, 0.25) is 0 Å². The van der Waals surface area contributed by atoms with E-state index in [2.05, 4.69) is 5.11 Å². The molecule has 0 aromatic heterocycles. The molecule has 2 fully saturated rings. The molecule has 3 atom stereocenters. The Morgan fingerprint density at radius 3 is 2.82 bits per heavy atom. The van der Waals surface area contributed by atoms with Crippen LogP contribution in [0.3, 0.4) is 0 Å². The van der Waals surface area contributed by atoms with E-state index in [9.17, 15) is 4.79 Å². The second-order valence-electron chi connectivity index (χ2n) is 4.38. The van der Waals surface area contributed by atoms with E-state index in [1.165, 1.54) is 0 Å². The van der Waals surface area contributed by atoms with Crippen molar-refractivity contribution in [1.29, 1.82) is 5.53 Å². The molecule has 0 bridgehead atoms. The molecule has 17 heavy (non-hydrogen) atoms. The standard InChI is InChI=1S/C12H13N3O2/c13-14-10-6-9-7-17-12(15(9)11(10)16)8-4-2-1-3-5-8/h1-5,9-10,12-13H,6-7H2/t9-,10-,12+/m0/s1. The Morgan fingerprint density at radius 2 is 2.12 bits per heavy atom. The highest BCUT2D eigenvalue weighted by atomic mass is 16.5. The maximum Gasteiger partial charge on any atom is 0.251 e.